The van der Waals surface area contributed by atoms with Gasteiger partial charge in [0.2, 0.25) is 10.0 Å². The first-order chi connectivity index (χ1) is 16.3. The Morgan fingerprint density at radius 1 is 1.15 bits per heavy atom. The van der Waals surface area contributed by atoms with E-state index in [1.165, 1.54) is 11.3 Å². The second-order valence-corrected chi connectivity index (χ2v) is 11.7. The summed E-state index contributed by atoms with van der Waals surface area (Å²) in [6, 6.07) is 17.4. The molecule has 1 aliphatic heterocycles. The molecule has 0 saturated carbocycles. The van der Waals surface area contributed by atoms with Crippen molar-refractivity contribution in [2.75, 3.05) is 25.0 Å². The third-order valence-electron chi connectivity index (χ3n) is 5.59. The number of rotatable bonds is 9. The van der Waals surface area contributed by atoms with E-state index in [0.29, 0.717) is 18.8 Å². The molecule has 2 heterocycles. The first kappa shape index (κ1) is 24.7. The highest BCUT2D eigenvalue weighted by atomic mass is 79.9. The van der Waals surface area contributed by atoms with E-state index < -0.39 is 22.6 Å². The number of halogens is 1. The predicted octanol–water partition coefficient (Wildman–Crippen LogP) is 5.05. The molecule has 7 nitrogen and oxygen atoms in total. The number of piperidine rings is 1. The van der Waals surface area contributed by atoms with Crippen molar-refractivity contribution in [3.05, 3.63) is 70.0 Å². The lowest BCUT2D eigenvalue weighted by Gasteiger charge is -2.32. The smallest absolute Gasteiger partial charge is 0.341 e. The summed E-state index contributed by atoms with van der Waals surface area (Å²) in [6.07, 6.45) is 1.46. The van der Waals surface area contributed by atoms with Crippen LogP contribution in [0.25, 0.3) is 10.4 Å². The number of sulfonamides is 1. The van der Waals surface area contributed by atoms with Crippen LogP contribution in [-0.2, 0) is 20.6 Å². The van der Waals surface area contributed by atoms with Crippen molar-refractivity contribution in [1.29, 1.82) is 0 Å². The Morgan fingerprint density at radius 2 is 1.88 bits per heavy atom. The number of aliphatic carboxylic acids is 1. The molecule has 0 radical (unpaired) electrons. The quantitative estimate of drug-likeness (QED) is 0.377. The fourth-order valence-corrected chi connectivity index (χ4v) is 7.23. The SMILES string of the molecule is O=C(O)COc1csc(-c2cccc(NC3CCN(S(=O)(=O)Cc4ccccc4)CC3)c2)c1Br. The Hall–Kier alpha value is -2.40. The number of carbonyl (C=O) groups is 1. The van der Waals surface area contributed by atoms with Crippen LogP contribution >= 0.6 is 27.3 Å². The van der Waals surface area contributed by atoms with Gasteiger partial charge in [-0.25, -0.2) is 17.5 Å². The van der Waals surface area contributed by atoms with Crippen LogP contribution in [0.1, 0.15) is 18.4 Å². The average molecular weight is 566 g/mol. The minimum absolute atomic E-state index is 0.0296. The zero-order valence-electron chi connectivity index (χ0n) is 18.3. The van der Waals surface area contributed by atoms with Gasteiger partial charge in [-0.3, -0.25) is 0 Å². The highest BCUT2D eigenvalue weighted by Gasteiger charge is 2.28. The molecule has 0 atom stereocenters. The molecule has 0 spiro atoms. The molecule has 34 heavy (non-hydrogen) atoms. The van der Waals surface area contributed by atoms with Crippen LogP contribution in [0.4, 0.5) is 5.69 Å². The molecule has 0 aliphatic carbocycles. The maximum absolute atomic E-state index is 12.8. The summed E-state index contributed by atoms with van der Waals surface area (Å²) in [5, 5.41) is 14.2. The number of carboxylic acids is 1. The van der Waals surface area contributed by atoms with Gasteiger partial charge in [-0.15, -0.1) is 11.3 Å². The molecular weight excluding hydrogens is 540 g/mol. The number of ether oxygens (including phenoxy) is 1. The second kappa shape index (κ2) is 10.9. The highest BCUT2D eigenvalue weighted by molar-refractivity contribution is 9.10. The average Bonchev–Trinajstić information content (AvgIpc) is 3.19. The number of hydrogen-bond donors (Lipinski definition) is 2. The van der Waals surface area contributed by atoms with E-state index in [4.69, 9.17) is 9.84 Å². The Kier molecular flexibility index (Phi) is 7.92. The number of carboxylic acid groups (broad SMARTS) is 1. The fraction of sp³-hybridized carbons (Fsp3) is 0.292. The van der Waals surface area contributed by atoms with Crippen LogP contribution in [0, 0.1) is 0 Å². The van der Waals surface area contributed by atoms with E-state index in [9.17, 15) is 13.2 Å². The summed E-state index contributed by atoms with van der Waals surface area (Å²) in [5.74, 6) is -0.489. The lowest BCUT2D eigenvalue weighted by Crippen LogP contribution is -2.42. The normalized spacial score (nSPS) is 15.2. The van der Waals surface area contributed by atoms with Crippen molar-refractivity contribution < 1.29 is 23.1 Å². The molecule has 1 aromatic heterocycles. The Bertz CT molecular complexity index is 1240. The van der Waals surface area contributed by atoms with Crippen molar-refractivity contribution in [3.63, 3.8) is 0 Å². The van der Waals surface area contributed by atoms with E-state index in [1.54, 1.807) is 9.69 Å². The molecule has 2 aromatic carbocycles. The third-order valence-corrected chi connectivity index (χ3v) is 9.49. The number of nitrogens with one attached hydrogen (secondary N) is 1. The largest absolute Gasteiger partial charge is 0.480 e. The molecule has 1 aliphatic rings. The molecular formula is C24H25BrN2O5S2. The van der Waals surface area contributed by atoms with Gasteiger partial charge in [-0.2, -0.15) is 0 Å². The van der Waals surface area contributed by atoms with Gasteiger partial charge in [0, 0.05) is 30.2 Å². The van der Waals surface area contributed by atoms with Crippen molar-refractivity contribution in [1.82, 2.24) is 4.31 Å². The molecule has 0 amide bonds. The van der Waals surface area contributed by atoms with E-state index >= 15 is 0 Å². The molecule has 0 bridgehead atoms. The van der Waals surface area contributed by atoms with E-state index in [2.05, 4.69) is 21.2 Å². The van der Waals surface area contributed by atoms with Crippen molar-refractivity contribution in [3.8, 4) is 16.2 Å². The van der Waals surface area contributed by atoms with Gasteiger partial charge in [0.1, 0.15) is 5.75 Å². The van der Waals surface area contributed by atoms with Crippen LogP contribution in [0.3, 0.4) is 0 Å². The van der Waals surface area contributed by atoms with Crippen molar-refractivity contribution >= 4 is 48.9 Å². The van der Waals surface area contributed by atoms with Crippen LogP contribution in [-0.4, -0.2) is 49.5 Å². The maximum Gasteiger partial charge on any atom is 0.341 e. The van der Waals surface area contributed by atoms with Crippen LogP contribution in [0.5, 0.6) is 5.75 Å². The van der Waals surface area contributed by atoms with E-state index in [0.717, 1.165) is 39.0 Å². The first-order valence-electron chi connectivity index (χ1n) is 10.8. The van der Waals surface area contributed by atoms with E-state index in [-0.39, 0.29) is 11.8 Å². The minimum Gasteiger partial charge on any atom is -0.480 e. The van der Waals surface area contributed by atoms with Crippen molar-refractivity contribution in [2.45, 2.75) is 24.6 Å². The van der Waals surface area contributed by atoms with Gasteiger partial charge in [0.15, 0.2) is 6.61 Å². The number of thiophene rings is 1. The van der Waals surface area contributed by atoms with Gasteiger partial charge in [-0.1, -0.05) is 42.5 Å². The van der Waals surface area contributed by atoms with Gasteiger partial charge in [0.05, 0.1) is 15.1 Å². The van der Waals surface area contributed by atoms with Crippen LogP contribution in [0.15, 0.2) is 64.5 Å². The predicted molar refractivity (Wildman–Crippen MR) is 138 cm³/mol. The molecule has 180 valence electrons. The topological polar surface area (TPSA) is 95.9 Å². The van der Waals surface area contributed by atoms with Crippen LogP contribution in [0.2, 0.25) is 0 Å². The van der Waals surface area contributed by atoms with Crippen LogP contribution < -0.4 is 10.1 Å². The van der Waals surface area contributed by atoms with Gasteiger partial charge >= 0.3 is 5.97 Å². The summed E-state index contributed by atoms with van der Waals surface area (Å²) in [5.41, 5.74) is 2.74. The van der Waals surface area contributed by atoms with Gasteiger partial charge in [0.25, 0.3) is 0 Å². The molecule has 1 saturated heterocycles. The molecule has 0 unspecified atom stereocenters. The minimum atomic E-state index is -3.33. The summed E-state index contributed by atoms with van der Waals surface area (Å²) in [6.45, 7) is 0.594. The highest BCUT2D eigenvalue weighted by Crippen LogP contribution is 2.42. The van der Waals surface area contributed by atoms with E-state index in [1.807, 2.05) is 54.6 Å². The number of nitrogens with zero attached hydrogens (tertiary/aromatic N) is 1. The Balaban J connectivity index is 1.36. The Labute approximate surface area is 211 Å². The number of benzene rings is 2. The summed E-state index contributed by atoms with van der Waals surface area (Å²) in [4.78, 5) is 11.7. The summed E-state index contributed by atoms with van der Waals surface area (Å²) < 4.78 is 33.2. The summed E-state index contributed by atoms with van der Waals surface area (Å²) in [7, 11) is -3.33. The van der Waals surface area contributed by atoms with Gasteiger partial charge < -0.3 is 15.2 Å². The fourth-order valence-electron chi connectivity index (χ4n) is 3.90. The third kappa shape index (κ3) is 6.18. The molecule has 1 fully saturated rings. The second-order valence-electron chi connectivity index (χ2n) is 8.07. The zero-order chi connectivity index (χ0) is 24.1. The number of hydrogen-bond acceptors (Lipinski definition) is 6. The molecule has 10 heteroatoms. The maximum atomic E-state index is 12.8. The molecule has 4 rings (SSSR count). The molecule has 2 N–H and O–H groups in total. The first-order valence-corrected chi connectivity index (χ1v) is 14.1. The summed E-state index contributed by atoms with van der Waals surface area (Å²) >= 11 is 4.99. The monoisotopic (exact) mass is 564 g/mol. The lowest BCUT2D eigenvalue weighted by molar-refractivity contribution is -0.139. The zero-order valence-corrected chi connectivity index (χ0v) is 21.5. The van der Waals surface area contributed by atoms with Crippen molar-refractivity contribution in [2.24, 2.45) is 0 Å². The standard InChI is InChI=1S/C24H25BrN2O5S2/c25-23-21(32-14-22(28)29)15-33-24(23)18-7-4-8-20(13-18)26-19-9-11-27(12-10-19)34(30,31)16-17-5-2-1-3-6-17/h1-8,13,15,19,26H,9-12,14,16H2,(H,28,29). The molecule has 3 aromatic rings. The van der Waals surface area contributed by atoms with Gasteiger partial charge in [-0.05, 0) is 52.0 Å². The lowest BCUT2D eigenvalue weighted by atomic mass is 10.1. The number of anilines is 1. The Morgan fingerprint density at radius 3 is 2.59 bits per heavy atom.